The van der Waals surface area contributed by atoms with Gasteiger partial charge in [0, 0.05) is 12.3 Å². The Kier molecular flexibility index (Phi) is 5.02. The lowest BCUT2D eigenvalue weighted by molar-refractivity contribution is -0.112. The quantitative estimate of drug-likeness (QED) is 0.420. The van der Waals surface area contributed by atoms with Gasteiger partial charge >= 0.3 is 5.97 Å². The number of hydrogen-bond donors (Lipinski definition) is 3. The smallest absolute Gasteiger partial charge is 0.338 e. The van der Waals surface area contributed by atoms with Crippen molar-refractivity contribution in [2.75, 3.05) is 0 Å². The molecule has 0 heterocycles. The number of ether oxygens (including phenoxy) is 1. The number of carbonyl (C=O) groups excluding carboxylic acids is 1. The minimum absolute atomic E-state index is 0.0571. The second-order valence-electron chi connectivity index (χ2n) is 8.88. The summed E-state index contributed by atoms with van der Waals surface area (Å²) in [5.74, 6) is -1.29. The van der Waals surface area contributed by atoms with Crippen molar-refractivity contribution >= 4 is 5.97 Å². The summed E-state index contributed by atoms with van der Waals surface area (Å²) < 4.78 is 5.91. The third kappa shape index (κ3) is 3.45. The van der Waals surface area contributed by atoms with Gasteiger partial charge in [-0.1, -0.05) is 32.4 Å². The molecule has 3 rings (SSSR count). The van der Waals surface area contributed by atoms with Gasteiger partial charge in [-0.3, -0.25) is 0 Å². The van der Waals surface area contributed by atoms with Crippen molar-refractivity contribution in [1.29, 1.82) is 0 Å². The van der Waals surface area contributed by atoms with Crippen molar-refractivity contribution in [2.24, 2.45) is 17.3 Å². The Morgan fingerprint density at radius 3 is 2.56 bits per heavy atom. The molecule has 1 aromatic carbocycles. The summed E-state index contributed by atoms with van der Waals surface area (Å²) in [5, 5.41) is 30.6. The molecule has 0 saturated heterocycles. The van der Waals surface area contributed by atoms with E-state index < -0.39 is 17.7 Å². The van der Waals surface area contributed by atoms with E-state index in [1.54, 1.807) is 0 Å². The van der Waals surface area contributed by atoms with Crippen LogP contribution in [0.2, 0.25) is 0 Å². The van der Waals surface area contributed by atoms with Gasteiger partial charge in [0.15, 0.2) is 11.5 Å². The number of rotatable bonds is 3. The number of allylic oxidation sites excluding steroid dienone is 1. The summed E-state index contributed by atoms with van der Waals surface area (Å²) in [7, 11) is 0. The van der Waals surface area contributed by atoms with Crippen LogP contribution in [0.4, 0.5) is 0 Å². The van der Waals surface area contributed by atoms with Crippen LogP contribution >= 0.6 is 0 Å². The van der Waals surface area contributed by atoms with Gasteiger partial charge in [-0.15, -0.1) is 0 Å². The summed E-state index contributed by atoms with van der Waals surface area (Å²) in [6, 6.07) is 3.91. The Hall–Kier alpha value is -2.01. The zero-order valence-electron chi connectivity index (χ0n) is 16.5. The maximum atomic E-state index is 12.8. The van der Waals surface area contributed by atoms with Crippen LogP contribution in [0.25, 0.3) is 0 Å². The van der Waals surface area contributed by atoms with Crippen LogP contribution in [0.1, 0.15) is 63.7 Å². The van der Waals surface area contributed by atoms with E-state index in [2.05, 4.69) is 13.0 Å². The first-order valence-electron chi connectivity index (χ1n) is 9.68. The third-order valence-corrected chi connectivity index (χ3v) is 6.67. The molecule has 5 heteroatoms. The number of hydrogen-bond acceptors (Lipinski definition) is 5. The topological polar surface area (TPSA) is 87.0 Å². The van der Waals surface area contributed by atoms with E-state index in [1.165, 1.54) is 18.2 Å². The Morgan fingerprint density at radius 2 is 1.93 bits per heavy atom. The van der Waals surface area contributed by atoms with Crippen molar-refractivity contribution in [3.63, 3.8) is 0 Å². The van der Waals surface area contributed by atoms with Gasteiger partial charge in [0.05, 0.1) is 11.2 Å². The summed E-state index contributed by atoms with van der Waals surface area (Å²) in [6.45, 7) is 8.26. The van der Waals surface area contributed by atoms with Crippen molar-refractivity contribution in [2.45, 2.75) is 65.1 Å². The van der Waals surface area contributed by atoms with Crippen molar-refractivity contribution in [3.05, 3.63) is 35.4 Å². The molecule has 0 aliphatic heterocycles. The summed E-state index contributed by atoms with van der Waals surface area (Å²) in [4.78, 5) is 12.8. The molecular weight excluding hydrogens is 344 g/mol. The van der Waals surface area contributed by atoms with E-state index in [0.29, 0.717) is 12.8 Å². The average Bonchev–Trinajstić information content (AvgIpc) is 2.80. The van der Waals surface area contributed by atoms with Crippen LogP contribution in [0.15, 0.2) is 29.8 Å². The van der Waals surface area contributed by atoms with Crippen molar-refractivity contribution < 1.29 is 24.9 Å². The molecule has 0 amide bonds. The normalized spacial score (nSPS) is 33.3. The molecule has 2 aliphatic rings. The summed E-state index contributed by atoms with van der Waals surface area (Å²) in [6.07, 6.45) is 4.82. The first-order chi connectivity index (χ1) is 12.6. The minimum atomic E-state index is -0.880. The third-order valence-electron chi connectivity index (χ3n) is 6.67. The van der Waals surface area contributed by atoms with Gasteiger partial charge < -0.3 is 20.1 Å². The zero-order chi connectivity index (χ0) is 20.0. The number of phenolic OH excluding ortho intramolecular Hbond substituents is 2. The van der Waals surface area contributed by atoms with Crippen LogP contribution in [-0.2, 0) is 4.74 Å². The minimum Gasteiger partial charge on any atom is -0.504 e. The first kappa shape index (κ1) is 19.7. The molecular formula is C22H30O5. The molecule has 4 atom stereocenters. The summed E-state index contributed by atoms with van der Waals surface area (Å²) >= 11 is 0. The van der Waals surface area contributed by atoms with Gasteiger partial charge in [0.25, 0.3) is 0 Å². The van der Waals surface area contributed by atoms with E-state index in [9.17, 15) is 20.1 Å². The second kappa shape index (κ2) is 6.86. The Morgan fingerprint density at radius 1 is 1.22 bits per heavy atom. The highest BCUT2D eigenvalue weighted by molar-refractivity contribution is 5.90. The molecule has 27 heavy (non-hydrogen) atoms. The number of aliphatic hydroxyl groups is 1. The molecule has 1 fully saturated rings. The highest BCUT2D eigenvalue weighted by atomic mass is 16.5. The molecule has 3 N–H and O–H groups in total. The van der Waals surface area contributed by atoms with Gasteiger partial charge in [-0.25, -0.2) is 4.79 Å². The predicted molar refractivity (Wildman–Crippen MR) is 103 cm³/mol. The van der Waals surface area contributed by atoms with E-state index in [-0.39, 0.29) is 34.3 Å². The first-order valence-corrected chi connectivity index (χ1v) is 9.68. The Balaban J connectivity index is 1.94. The van der Waals surface area contributed by atoms with Crippen LogP contribution < -0.4 is 0 Å². The Labute approximate surface area is 160 Å². The number of benzene rings is 1. The molecule has 0 aromatic heterocycles. The molecule has 5 nitrogen and oxygen atoms in total. The van der Waals surface area contributed by atoms with Gasteiger partial charge in [0.1, 0.15) is 6.10 Å². The van der Waals surface area contributed by atoms with Crippen molar-refractivity contribution in [1.82, 2.24) is 0 Å². The Bertz CT molecular complexity index is 768. The number of esters is 1. The fourth-order valence-corrected chi connectivity index (χ4v) is 4.94. The lowest BCUT2D eigenvalue weighted by Crippen LogP contribution is -2.50. The van der Waals surface area contributed by atoms with E-state index in [0.717, 1.165) is 18.4 Å². The molecule has 2 aliphatic carbocycles. The molecule has 1 saturated carbocycles. The highest BCUT2D eigenvalue weighted by Gasteiger charge is 2.59. The van der Waals surface area contributed by atoms with Crippen LogP contribution in [0, 0.1) is 17.3 Å². The lowest BCUT2D eigenvalue weighted by Gasteiger charge is -2.43. The van der Waals surface area contributed by atoms with Crippen LogP contribution in [0.5, 0.6) is 11.5 Å². The number of aromatic hydroxyl groups is 2. The van der Waals surface area contributed by atoms with E-state index >= 15 is 0 Å². The van der Waals surface area contributed by atoms with Crippen LogP contribution in [-0.4, -0.2) is 33.0 Å². The van der Waals surface area contributed by atoms with Gasteiger partial charge in [-0.2, -0.15) is 0 Å². The fraction of sp³-hybridized carbons (Fsp3) is 0.591. The zero-order valence-corrected chi connectivity index (χ0v) is 16.5. The predicted octanol–water partition coefficient (Wildman–Crippen LogP) is 4.17. The maximum Gasteiger partial charge on any atom is 0.338 e. The second-order valence-corrected chi connectivity index (χ2v) is 8.88. The summed E-state index contributed by atoms with van der Waals surface area (Å²) in [5.41, 5.74) is 0.334. The lowest BCUT2D eigenvalue weighted by atomic mass is 9.67. The van der Waals surface area contributed by atoms with Gasteiger partial charge in [-0.05, 0) is 55.7 Å². The van der Waals surface area contributed by atoms with Crippen molar-refractivity contribution in [3.8, 4) is 11.5 Å². The van der Waals surface area contributed by atoms with Gasteiger partial charge in [0.2, 0.25) is 0 Å². The van der Waals surface area contributed by atoms with E-state index in [4.69, 9.17) is 4.74 Å². The molecule has 0 unspecified atom stereocenters. The number of phenols is 2. The molecule has 0 radical (unpaired) electrons. The van der Waals surface area contributed by atoms with E-state index in [1.807, 2.05) is 20.8 Å². The molecule has 148 valence electrons. The largest absolute Gasteiger partial charge is 0.504 e. The fourth-order valence-electron chi connectivity index (χ4n) is 4.94. The highest BCUT2D eigenvalue weighted by Crippen LogP contribution is 2.58. The average molecular weight is 374 g/mol. The number of carbonyl (C=O) groups is 1. The maximum absolute atomic E-state index is 12.8. The molecule has 1 aromatic rings. The van der Waals surface area contributed by atoms with Crippen LogP contribution in [0.3, 0.4) is 0 Å². The number of fused-ring (bicyclic) bond motifs is 1. The molecule has 0 spiro atoms. The molecule has 0 bridgehead atoms. The standard InChI is InChI=1S/C22H30O5/c1-13(2)22(26)10-9-21(4)8-7-14(3)11-18(19(21)22)27-20(25)15-5-6-16(23)17(24)12-15/h5-7,12-13,18-19,23-24,26H,8-11H2,1-4H3/t18-,19+,21-,22+/m0/s1. The SMILES string of the molecule is CC1=CC[C@@]2(C)CC[C@@](O)(C(C)C)[C@@H]2[C@@H](OC(=O)c2ccc(O)c(O)c2)C1. The monoisotopic (exact) mass is 374 g/mol.